The van der Waals surface area contributed by atoms with Crippen molar-refractivity contribution in [2.45, 2.75) is 12.3 Å². The quantitative estimate of drug-likeness (QED) is 0.804. The Hall–Kier alpha value is -2.27. The summed E-state index contributed by atoms with van der Waals surface area (Å²) in [6.07, 6.45) is 5.47. The van der Waals surface area contributed by atoms with Crippen LogP contribution < -0.4 is 0 Å². The summed E-state index contributed by atoms with van der Waals surface area (Å²) in [5.74, 6) is -0.592. The minimum atomic E-state index is -0.433. The van der Waals surface area contributed by atoms with Crippen molar-refractivity contribution in [3.8, 4) is 0 Å². The zero-order chi connectivity index (χ0) is 14.7. The molecule has 0 spiro atoms. The smallest absolute Gasteiger partial charge is 0.142 e. The molecule has 0 saturated carbocycles. The van der Waals surface area contributed by atoms with Crippen LogP contribution in [0.1, 0.15) is 22.9 Å². The molecule has 0 aliphatic heterocycles. The van der Waals surface area contributed by atoms with Crippen molar-refractivity contribution >= 4 is 11.6 Å². The highest BCUT2D eigenvalue weighted by Gasteiger charge is 2.21. The third-order valence-corrected chi connectivity index (χ3v) is 3.69. The number of hydrogen-bond acceptors (Lipinski definition) is 3. The van der Waals surface area contributed by atoms with Gasteiger partial charge in [0, 0.05) is 30.4 Å². The van der Waals surface area contributed by atoms with E-state index in [1.165, 1.54) is 6.07 Å². The molecule has 1 atom stereocenters. The molecular weight excluding hydrogens is 291 g/mol. The van der Waals surface area contributed by atoms with Crippen molar-refractivity contribution < 1.29 is 4.39 Å². The molecule has 0 bridgehead atoms. The Kier molecular flexibility index (Phi) is 3.92. The van der Waals surface area contributed by atoms with Gasteiger partial charge in [-0.1, -0.05) is 23.7 Å². The number of benzene rings is 1. The van der Waals surface area contributed by atoms with Gasteiger partial charge in [-0.2, -0.15) is 10.2 Å². The van der Waals surface area contributed by atoms with E-state index in [1.54, 1.807) is 24.8 Å². The molecule has 0 aliphatic carbocycles. The Morgan fingerprint density at radius 2 is 2.14 bits per heavy atom. The first-order valence-corrected chi connectivity index (χ1v) is 6.82. The summed E-state index contributed by atoms with van der Waals surface area (Å²) in [5.41, 5.74) is 2.36. The zero-order valence-corrected chi connectivity index (χ0v) is 11.8. The monoisotopic (exact) mass is 302 g/mol. The molecule has 21 heavy (non-hydrogen) atoms. The molecule has 0 radical (unpaired) electrons. The van der Waals surface area contributed by atoms with E-state index < -0.39 is 5.82 Å². The fourth-order valence-corrected chi connectivity index (χ4v) is 2.54. The first kappa shape index (κ1) is 13.7. The van der Waals surface area contributed by atoms with Crippen molar-refractivity contribution in [3.63, 3.8) is 0 Å². The third-order valence-electron chi connectivity index (χ3n) is 3.29. The Morgan fingerprint density at radius 3 is 2.86 bits per heavy atom. The number of nitrogens with one attached hydrogen (secondary N) is 1. The number of rotatable bonds is 4. The van der Waals surface area contributed by atoms with Gasteiger partial charge in [-0.3, -0.25) is 0 Å². The predicted octanol–water partition coefficient (Wildman–Crippen LogP) is 3.37. The van der Waals surface area contributed by atoms with Crippen molar-refractivity contribution in [1.29, 1.82) is 0 Å². The minimum absolute atomic E-state index is 0.126. The number of aromatic nitrogens is 4. The lowest BCUT2D eigenvalue weighted by Crippen LogP contribution is -2.08. The van der Waals surface area contributed by atoms with E-state index >= 15 is 0 Å². The third kappa shape index (κ3) is 2.92. The Labute approximate surface area is 126 Å². The van der Waals surface area contributed by atoms with Crippen LogP contribution in [0.2, 0.25) is 5.02 Å². The van der Waals surface area contributed by atoms with Gasteiger partial charge in [0.05, 0.1) is 17.0 Å². The summed E-state index contributed by atoms with van der Waals surface area (Å²) >= 11 is 6.13. The van der Waals surface area contributed by atoms with E-state index in [9.17, 15) is 4.39 Å². The zero-order valence-electron chi connectivity index (χ0n) is 11.0. The number of aromatic amines is 1. The molecule has 2 aromatic heterocycles. The van der Waals surface area contributed by atoms with Gasteiger partial charge in [0.25, 0.3) is 0 Å². The minimum Gasteiger partial charge on any atom is -0.348 e. The van der Waals surface area contributed by atoms with Gasteiger partial charge in [-0.15, -0.1) is 0 Å². The van der Waals surface area contributed by atoms with Gasteiger partial charge in [-0.25, -0.2) is 9.37 Å². The second-order valence-electron chi connectivity index (χ2n) is 4.62. The van der Waals surface area contributed by atoms with Crippen LogP contribution in [0.15, 0.2) is 49.1 Å². The average molecular weight is 303 g/mol. The summed E-state index contributed by atoms with van der Waals surface area (Å²) < 4.78 is 13.7. The van der Waals surface area contributed by atoms with E-state index in [2.05, 4.69) is 20.2 Å². The van der Waals surface area contributed by atoms with E-state index in [1.807, 2.05) is 18.2 Å². The Balaban J connectivity index is 2.03. The molecule has 6 heteroatoms. The van der Waals surface area contributed by atoms with Crippen LogP contribution in [0, 0.1) is 5.82 Å². The molecule has 1 unspecified atom stereocenters. The summed E-state index contributed by atoms with van der Waals surface area (Å²) in [6, 6.07) is 8.51. The molecule has 2 heterocycles. The van der Waals surface area contributed by atoms with Crippen molar-refractivity contribution in [1.82, 2.24) is 20.2 Å². The molecule has 1 aromatic carbocycles. The van der Waals surface area contributed by atoms with Crippen molar-refractivity contribution in [3.05, 3.63) is 76.8 Å². The van der Waals surface area contributed by atoms with Crippen LogP contribution in [0.3, 0.4) is 0 Å². The van der Waals surface area contributed by atoms with E-state index in [0.717, 1.165) is 11.4 Å². The summed E-state index contributed by atoms with van der Waals surface area (Å²) in [4.78, 5) is 7.10. The molecule has 106 valence electrons. The SMILES string of the molecule is Fc1cccc(C(Cc2cccnn2)c2cnc[nH]2)c1Cl. The maximum absolute atomic E-state index is 13.7. The molecule has 1 N–H and O–H groups in total. The van der Waals surface area contributed by atoms with E-state index in [0.29, 0.717) is 12.0 Å². The first-order chi connectivity index (χ1) is 10.3. The van der Waals surface area contributed by atoms with Gasteiger partial charge in [0.1, 0.15) is 5.82 Å². The van der Waals surface area contributed by atoms with Gasteiger partial charge >= 0.3 is 0 Å². The van der Waals surface area contributed by atoms with E-state index in [-0.39, 0.29) is 10.9 Å². The second-order valence-corrected chi connectivity index (χ2v) is 5.00. The molecule has 3 aromatic rings. The molecule has 0 aliphatic rings. The van der Waals surface area contributed by atoms with Crippen LogP contribution in [-0.4, -0.2) is 20.2 Å². The van der Waals surface area contributed by atoms with Gasteiger partial charge < -0.3 is 4.98 Å². The van der Waals surface area contributed by atoms with Crippen molar-refractivity contribution in [2.24, 2.45) is 0 Å². The highest BCUT2D eigenvalue weighted by atomic mass is 35.5. The Morgan fingerprint density at radius 1 is 1.24 bits per heavy atom. The maximum atomic E-state index is 13.7. The topological polar surface area (TPSA) is 54.5 Å². The first-order valence-electron chi connectivity index (χ1n) is 6.44. The number of nitrogens with zero attached hydrogens (tertiary/aromatic N) is 3. The second kappa shape index (κ2) is 6.01. The largest absolute Gasteiger partial charge is 0.348 e. The van der Waals surface area contributed by atoms with Crippen LogP contribution in [0.4, 0.5) is 4.39 Å². The lowest BCUT2D eigenvalue weighted by molar-refractivity contribution is 0.622. The summed E-state index contributed by atoms with van der Waals surface area (Å²) in [6.45, 7) is 0. The lowest BCUT2D eigenvalue weighted by Gasteiger charge is -2.17. The molecule has 0 fully saturated rings. The van der Waals surface area contributed by atoms with E-state index in [4.69, 9.17) is 11.6 Å². The highest BCUT2D eigenvalue weighted by molar-refractivity contribution is 6.31. The average Bonchev–Trinajstić information content (AvgIpc) is 3.03. The fraction of sp³-hybridized carbons (Fsp3) is 0.133. The molecular formula is C15H12ClFN4. The maximum Gasteiger partial charge on any atom is 0.142 e. The van der Waals surface area contributed by atoms with Crippen molar-refractivity contribution in [2.75, 3.05) is 0 Å². The summed E-state index contributed by atoms with van der Waals surface area (Å²) in [7, 11) is 0. The molecule has 0 amide bonds. The van der Waals surface area contributed by atoms with Gasteiger partial charge in [0.2, 0.25) is 0 Å². The number of H-pyrrole nitrogens is 1. The highest BCUT2D eigenvalue weighted by Crippen LogP contribution is 2.33. The van der Waals surface area contributed by atoms with Crippen LogP contribution in [-0.2, 0) is 6.42 Å². The standard InChI is InChI=1S/C15H12ClFN4/c16-15-11(4-1-5-13(15)17)12(14-8-18-9-19-14)7-10-3-2-6-20-21-10/h1-6,8-9,12H,7H2,(H,18,19). The van der Waals surface area contributed by atoms with Gasteiger partial charge in [-0.05, 0) is 23.8 Å². The fourth-order valence-electron chi connectivity index (χ4n) is 2.29. The lowest BCUT2D eigenvalue weighted by atomic mass is 9.91. The molecule has 4 nitrogen and oxygen atoms in total. The normalized spacial score (nSPS) is 12.3. The predicted molar refractivity (Wildman–Crippen MR) is 77.6 cm³/mol. The number of imidazole rings is 1. The Bertz CT molecular complexity index is 716. The van der Waals surface area contributed by atoms with Gasteiger partial charge in [0.15, 0.2) is 0 Å². The molecule has 3 rings (SSSR count). The summed E-state index contributed by atoms with van der Waals surface area (Å²) in [5, 5.41) is 8.08. The number of hydrogen-bond donors (Lipinski definition) is 1. The number of halogens is 2. The van der Waals surface area contributed by atoms with Crippen LogP contribution >= 0.6 is 11.6 Å². The molecule has 0 saturated heterocycles. The van der Waals surface area contributed by atoms with Crippen LogP contribution in [0.5, 0.6) is 0 Å². The van der Waals surface area contributed by atoms with Crippen LogP contribution in [0.25, 0.3) is 0 Å².